The summed E-state index contributed by atoms with van der Waals surface area (Å²) in [7, 11) is 0. The molecule has 1 aliphatic heterocycles. The zero-order valence-corrected chi connectivity index (χ0v) is 13.9. The van der Waals surface area contributed by atoms with Gasteiger partial charge in [-0.05, 0) is 32.8 Å². The van der Waals surface area contributed by atoms with Gasteiger partial charge in [-0.2, -0.15) is 5.10 Å². The highest BCUT2D eigenvalue weighted by atomic mass is 32.1. The number of carbonyl (C=O) groups excluding carboxylic acids is 1. The summed E-state index contributed by atoms with van der Waals surface area (Å²) in [5.74, 6) is 0.0429. The summed E-state index contributed by atoms with van der Waals surface area (Å²) in [6.07, 6.45) is 5.33. The standard InChI is InChI=1S/C16H17N5OS/c1-11-8-14-18-6-4-13(21(14)19-11)16(2)5-3-7-20(16)15(22)12-9-17-10-23-12/h4,6,8-10H,3,5,7H2,1-2H3. The topological polar surface area (TPSA) is 63.4 Å². The van der Waals surface area contributed by atoms with Crippen LogP contribution < -0.4 is 0 Å². The van der Waals surface area contributed by atoms with Gasteiger partial charge in [0.05, 0.1) is 28.6 Å². The second-order valence-corrected chi connectivity index (χ2v) is 6.97. The van der Waals surface area contributed by atoms with Crippen molar-refractivity contribution in [3.8, 4) is 0 Å². The molecular formula is C16H17N5OS. The highest BCUT2D eigenvalue weighted by molar-refractivity contribution is 7.11. The molecule has 3 aromatic heterocycles. The molecule has 118 valence electrons. The van der Waals surface area contributed by atoms with Crippen LogP contribution in [0.3, 0.4) is 0 Å². The Balaban J connectivity index is 1.83. The van der Waals surface area contributed by atoms with Gasteiger partial charge in [-0.1, -0.05) is 0 Å². The van der Waals surface area contributed by atoms with Crippen molar-refractivity contribution in [2.45, 2.75) is 32.2 Å². The van der Waals surface area contributed by atoms with E-state index in [4.69, 9.17) is 0 Å². The molecule has 23 heavy (non-hydrogen) atoms. The van der Waals surface area contributed by atoms with Crippen LogP contribution in [-0.2, 0) is 5.54 Å². The van der Waals surface area contributed by atoms with E-state index >= 15 is 0 Å². The quantitative estimate of drug-likeness (QED) is 0.726. The van der Waals surface area contributed by atoms with E-state index in [1.54, 1.807) is 17.9 Å². The van der Waals surface area contributed by atoms with Crippen LogP contribution in [-0.4, -0.2) is 36.9 Å². The van der Waals surface area contributed by atoms with Crippen LogP contribution in [0.5, 0.6) is 0 Å². The molecule has 6 nitrogen and oxygen atoms in total. The average Bonchev–Trinajstić information content (AvgIpc) is 3.24. The van der Waals surface area contributed by atoms with Gasteiger partial charge in [0.25, 0.3) is 5.91 Å². The molecule has 0 N–H and O–H groups in total. The summed E-state index contributed by atoms with van der Waals surface area (Å²) in [4.78, 5) is 23.9. The van der Waals surface area contributed by atoms with Crippen LogP contribution in [0.4, 0.5) is 0 Å². The van der Waals surface area contributed by atoms with Crippen LogP contribution in [0.2, 0.25) is 0 Å². The van der Waals surface area contributed by atoms with Crippen molar-refractivity contribution in [2.24, 2.45) is 0 Å². The van der Waals surface area contributed by atoms with Crippen molar-refractivity contribution in [1.82, 2.24) is 24.5 Å². The maximum Gasteiger partial charge on any atom is 0.266 e. The third-order valence-corrected chi connectivity index (χ3v) is 5.32. The maximum absolute atomic E-state index is 12.9. The number of thiazole rings is 1. The molecule has 0 bridgehead atoms. The van der Waals surface area contributed by atoms with Crippen LogP contribution in [0.15, 0.2) is 30.0 Å². The molecule has 4 heterocycles. The molecule has 7 heteroatoms. The van der Waals surface area contributed by atoms with Gasteiger partial charge >= 0.3 is 0 Å². The zero-order valence-electron chi connectivity index (χ0n) is 13.1. The van der Waals surface area contributed by atoms with Gasteiger partial charge in [-0.25, -0.2) is 9.50 Å². The first-order valence-electron chi connectivity index (χ1n) is 7.62. The smallest absolute Gasteiger partial charge is 0.266 e. The van der Waals surface area contributed by atoms with Crippen LogP contribution in [0, 0.1) is 6.92 Å². The zero-order chi connectivity index (χ0) is 16.0. The lowest BCUT2D eigenvalue weighted by Crippen LogP contribution is -2.43. The van der Waals surface area contributed by atoms with Gasteiger partial charge in [-0.3, -0.25) is 9.78 Å². The minimum atomic E-state index is -0.388. The van der Waals surface area contributed by atoms with E-state index in [1.807, 2.05) is 28.5 Å². The summed E-state index contributed by atoms with van der Waals surface area (Å²) >= 11 is 1.38. The third-order valence-electron chi connectivity index (χ3n) is 4.56. The van der Waals surface area contributed by atoms with E-state index in [1.165, 1.54) is 11.3 Å². The molecule has 0 saturated carbocycles. The maximum atomic E-state index is 12.9. The highest BCUT2D eigenvalue weighted by Crippen LogP contribution is 2.39. The molecule has 1 aliphatic rings. The molecule has 1 amide bonds. The Labute approximate surface area is 137 Å². The Morgan fingerprint density at radius 3 is 3.09 bits per heavy atom. The summed E-state index contributed by atoms with van der Waals surface area (Å²) in [6, 6.07) is 3.93. The monoisotopic (exact) mass is 327 g/mol. The van der Waals surface area contributed by atoms with Crippen LogP contribution in [0.1, 0.15) is 40.8 Å². The SMILES string of the molecule is Cc1cc2nccc(C3(C)CCCN3C(=O)c3cncs3)n2n1. The Morgan fingerprint density at radius 1 is 1.43 bits per heavy atom. The van der Waals surface area contributed by atoms with Gasteiger partial charge in [0, 0.05) is 18.8 Å². The fourth-order valence-corrected chi connectivity index (χ4v) is 4.00. The number of carbonyl (C=O) groups is 1. The number of fused-ring (bicyclic) bond motifs is 1. The first kappa shape index (κ1) is 14.3. The van der Waals surface area contributed by atoms with Crippen LogP contribution >= 0.6 is 11.3 Å². The molecular weight excluding hydrogens is 310 g/mol. The first-order chi connectivity index (χ1) is 11.1. The second-order valence-electron chi connectivity index (χ2n) is 6.09. The lowest BCUT2D eigenvalue weighted by molar-refractivity contribution is 0.0613. The van der Waals surface area contributed by atoms with E-state index in [0.717, 1.165) is 36.4 Å². The minimum Gasteiger partial charge on any atom is -0.327 e. The number of rotatable bonds is 2. The van der Waals surface area contributed by atoms with Gasteiger partial charge < -0.3 is 4.90 Å². The van der Waals surface area contributed by atoms with Crippen molar-refractivity contribution in [3.63, 3.8) is 0 Å². The fourth-order valence-electron chi connectivity index (χ4n) is 3.43. The molecule has 4 rings (SSSR count). The molecule has 0 aromatic carbocycles. The fraction of sp³-hybridized carbons (Fsp3) is 0.375. The lowest BCUT2D eigenvalue weighted by Gasteiger charge is -2.35. The van der Waals surface area contributed by atoms with Crippen LogP contribution in [0.25, 0.3) is 5.65 Å². The number of aromatic nitrogens is 4. The number of amides is 1. The average molecular weight is 327 g/mol. The number of aryl methyl sites for hydroxylation is 1. The lowest BCUT2D eigenvalue weighted by atomic mass is 9.94. The predicted molar refractivity (Wildman–Crippen MR) is 87.5 cm³/mol. The molecule has 1 saturated heterocycles. The summed E-state index contributed by atoms with van der Waals surface area (Å²) in [5, 5.41) is 4.57. The Kier molecular flexibility index (Phi) is 3.19. The minimum absolute atomic E-state index is 0.0429. The van der Waals surface area contributed by atoms with E-state index in [9.17, 15) is 4.79 Å². The van der Waals surface area contributed by atoms with E-state index in [-0.39, 0.29) is 11.4 Å². The molecule has 1 atom stereocenters. The largest absolute Gasteiger partial charge is 0.327 e. The van der Waals surface area contributed by atoms with Gasteiger partial charge in [-0.15, -0.1) is 11.3 Å². The summed E-state index contributed by atoms with van der Waals surface area (Å²) < 4.78 is 1.87. The molecule has 1 fully saturated rings. The number of hydrogen-bond acceptors (Lipinski definition) is 5. The Morgan fingerprint density at radius 2 is 2.30 bits per heavy atom. The number of nitrogens with zero attached hydrogens (tertiary/aromatic N) is 5. The van der Waals surface area contributed by atoms with Gasteiger partial charge in [0.2, 0.25) is 0 Å². The third kappa shape index (κ3) is 2.15. The van der Waals surface area contributed by atoms with Crippen molar-refractivity contribution in [1.29, 1.82) is 0 Å². The Hall–Kier alpha value is -2.28. The number of hydrogen-bond donors (Lipinski definition) is 0. The van der Waals surface area contributed by atoms with Gasteiger partial charge in [0.15, 0.2) is 5.65 Å². The number of likely N-dealkylation sites (tertiary alicyclic amines) is 1. The molecule has 0 aliphatic carbocycles. The highest BCUT2D eigenvalue weighted by Gasteiger charge is 2.43. The van der Waals surface area contributed by atoms with E-state index in [0.29, 0.717) is 4.88 Å². The molecule has 0 radical (unpaired) electrons. The first-order valence-corrected chi connectivity index (χ1v) is 8.50. The van der Waals surface area contributed by atoms with E-state index in [2.05, 4.69) is 22.0 Å². The summed E-state index contributed by atoms with van der Waals surface area (Å²) in [6.45, 7) is 4.82. The van der Waals surface area contributed by atoms with Crippen molar-refractivity contribution in [2.75, 3.05) is 6.54 Å². The van der Waals surface area contributed by atoms with Crippen molar-refractivity contribution < 1.29 is 4.79 Å². The normalized spacial score (nSPS) is 21.2. The van der Waals surface area contributed by atoms with Gasteiger partial charge in [0.1, 0.15) is 4.88 Å². The van der Waals surface area contributed by atoms with Crippen molar-refractivity contribution in [3.05, 3.63) is 46.3 Å². The van der Waals surface area contributed by atoms with Crippen molar-refractivity contribution >= 4 is 22.9 Å². The molecule has 3 aromatic rings. The second kappa shape index (κ2) is 5.13. The summed E-state index contributed by atoms with van der Waals surface area (Å²) in [5.41, 5.74) is 4.05. The molecule has 0 spiro atoms. The Bertz CT molecular complexity index is 872. The van der Waals surface area contributed by atoms with E-state index < -0.39 is 0 Å². The predicted octanol–water partition coefficient (Wildman–Crippen LogP) is 2.65. The molecule has 1 unspecified atom stereocenters.